The molecule has 3 N–H and O–H groups in total. The van der Waals surface area contributed by atoms with E-state index in [1.807, 2.05) is 26.8 Å². The number of para-hydroxylation sites is 1. The normalized spacial score (nSPS) is 12.9. The van der Waals surface area contributed by atoms with E-state index in [4.69, 9.17) is 16.3 Å². The van der Waals surface area contributed by atoms with Crippen molar-refractivity contribution in [2.24, 2.45) is 5.92 Å². The molecule has 0 saturated heterocycles. The molecule has 238 valence electrons. The molecule has 43 heavy (non-hydrogen) atoms. The van der Waals surface area contributed by atoms with Crippen molar-refractivity contribution in [1.82, 2.24) is 10.2 Å². The van der Waals surface area contributed by atoms with Gasteiger partial charge in [0.2, 0.25) is 5.91 Å². The highest BCUT2D eigenvalue weighted by molar-refractivity contribution is 6.34. The van der Waals surface area contributed by atoms with Crippen molar-refractivity contribution in [3.05, 3.63) is 58.1 Å². The Balaban J connectivity index is 2.61. The SMILES string of the molecule is CCCCCCCN(C(=O)C(CC(C)C)NC(=O)OC(C)(C)C)C(C(=O)Nc1c(C)cccc1Cl)c1ccc(O)c(C)c1. The van der Waals surface area contributed by atoms with E-state index in [0.29, 0.717) is 41.2 Å². The van der Waals surface area contributed by atoms with Crippen molar-refractivity contribution in [1.29, 1.82) is 0 Å². The third kappa shape index (κ3) is 11.4. The monoisotopic (exact) mass is 615 g/mol. The number of alkyl carbamates (subject to hydrolysis) is 1. The zero-order valence-corrected chi connectivity index (χ0v) is 27.8. The van der Waals surface area contributed by atoms with Gasteiger partial charge in [0.15, 0.2) is 0 Å². The first-order valence-electron chi connectivity index (χ1n) is 15.3. The first-order chi connectivity index (χ1) is 20.1. The van der Waals surface area contributed by atoms with Crippen LogP contribution in [0.2, 0.25) is 5.02 Å². The number of ether oxygens (including phenoxy) is 1. The summed E-state index contributed by atoms with van der Waals surface area (Å²) in [7, 11) is 0. The van der Waals surface area contributed by atoms with Gasteiger partial charge in [0.25, 0.3) is 5.91 Å². The summed E-state index contributed by atoms with van der Waals surface area (Å²) in [6.07, 6.45) is 4.40. The lowest BCUT2D eigenvalue weighted by atomic mass is 9.97. The molecule has 0 saturated carbocycles. The van der Waals surface area contributed by atoms with E-state index >= 15 is 0 Å². The van der Waals surface area contributed by atoms with E-state index in [0.717, 1.165) is 31.2 Å². The number of phenols is 1. The van der Waals surface area contributed by atoms with Crippen molar-refractivity contribution in [3.63, 3.8) is 0 Å². The Morgan fingerprint density at radius 2 is 1.67 bits per heavy atom. The van der Waals surface area contributed by atoms with E-state index in [1.165, 1.54) is 6.07 Å². The molecular formula is C34H50ClN3O5. The van der Waals surface area contributed by atoms with Crippen LogP contribution in [0.5, 0.6) is 5.75 Å². The standard InChI is InChI=1S/C34H50ClN3O5/c1-9-10-11-12-13-19-38(32(41)27(20-22(2)3)36-33(42)43-34(6,7)8)30(25-17-18-28(39)24(5)21-25)31(40)37-29-23(4)15-14-16-26(29)35/h14-18,21-22,27,30,39H,9-13,19-20H2,1-8H3,(H,36,42)(H,37,40). The van der Waals surface area contributed by atoms with Crippen LogP contribution in [0.1, 0.15) is 103 Å². The molecule has 3 amide bonds. The number of amides is 3. The molecule has 2 unspecified atom stereocenters. The fourth-order valence-electron chi connectivity index (χ4n) is 4.90. The number of hydrogen-bond donors (Lipinski definition) is 3. The molecule has 2 aromatic rings. The molecule has 9 heteroatoms. The summed E-state index contributed by atoms with van der Waals surface area (Å²) in [5, 5.41) is 16.4. The molecular weight excluding hydrogens is 566 g/mol. The minimum atomic E-state index is -1.05. The molecule has 0 aliphatic carbocycles. The van der Waals surface area contributed by atoms with E-state index in [-0.39, 0.29) is 17.6 Å². The van der Waals surface area contributed by atoms with Gasteiger partial charge in [-0.25, -0.2) is 4.79 Å². The second-order valence-corrected chi connectivity index (χ2v) is 13.1. The van der Waals surface area contributed by atoms with E-state index < -0.39 is 29.7 Å². The first-order valence-corrected chi connectivity index (χ1v) is 15.7. The largest absolute Gasteiger partial charge is 0.508 e. The van der Waals surface area contributed by atoms with Crippen LogP contribution in [-0.4, -0.2) is 46.1 Å². The Bertz CT molecular complexity index is 1220. The molecule has 0 aromatic heterocycles. The van der Waals surface area contributed by atoms with Crippen LogP contribution >= 0.6 is 11.6 Å². The summed E-state index contributed by atoms with van der Waals surface area (Å²) in [6, 6.07) is 8.28. The minimum Gasteiger partial charge on any atom is -0.508 e. The topological polar surface area (TPSA) is 108 Å². The number of phenolic OH excluding ortho intramolecular Hbond substituents is 1. The molecule has 8 nitrogen and oxygen atoms in total. The molecule has 2 rings (SSSR count). The number of carbonyl (C=O) groups excluding carboxylic acids is 3. The number of aryl methyl sites for hydroxylation is 2. The predicted octanol–water partition coefficient (Wildman–Crippen LogP) is 8.08. The Labute approximate surface area is 262 Å². The number of unbranched alkanes of at least 4 members (excludes halogenated alkanes) is 4. The number of nitrogens with one attached hydrogen (secondary N) is 2. The van der Waals surface area contributed by atoms with Crippen LogP contribution in [0, 0.1) is 19.8 Å². The lowest BCUT2D eigenvalue weighted by Gasteiger charge is -2.35. The minimum absolute atomic E-state index is 0.0734. The van der Waals surface area contributed by atoms with E-state index in [1.54, 1.807) is 56.9 Å². The molecule has 0 radical (unpaired) electrons. The Kier molecular flexibility index (Phi) is 13.8. The fraction of sp³-hybridized carbons (Fsp3) is 0.559. The summed E-state index contributed by atoms with van der Waals surface area (Å²) in [4.78, 5) is 43.1. The fourth-order valence-corrected chi connectivity index (χ4v) is 5.17. The number of aromatic hydroxyl groups is 1. The summed E-state index contributed by atoms with van der Waals surface area (Å²) in [5.41, 5.74) is 1.62. The first kappa shape index (κ1) is 35.9. The van der Waals surface area contributed by atoms with Crippen LogP contribution in [0.25, 0.3) is 0 Å². The van der Waals surface area contributed by atoms with Crippen LogP contribution in [0.3, 0.4) is 0 Å². The maximum atomic E-state index is 14.5. The average Bonchev–Trinajstić information content (AvgIpc) is 2.89. The molecule has 2 aromatic carbocycles. The van der Waals surface area contributed by atoms with E-state index in [9.17, 15) is 19.5 Å². The van der Waals surface area contributed by atoms with Gasteiger partial charge < -0.3 is 25.4 Å². The molecule has 0 aliphatic rings. The number of halogens is 1. The third-order valence-electron chi connectivity index (χ3n) is 7.05. The lowest BCUT2D eigenvalue weighted by molar-refractivity contribution is -0.141. The summed E-state index contributed by atoms with van der Waals surface area (Å²) < 4.78 is 5.49. The molecule has 0 heterocycles. The summed E-state index contributed by atoms with van der Waals surface area (Å²) >= 11 is 6.47. The van der Waals surface area contributed by atoms with Crippen molar-refractivity contribution < 1.29 is 24.2 Å². The number of benzene rings is 2. The van der Waals surface area contributed by atoms with Gasteiger partial charge in [0.05, 0.1) is 10.7 Å². The Hall–Kier alpha value is -3.26. The van der Waals surface area contributed by atoms with Crippen LogP contribution in [0.4, 0.5) is 10.5 Å². The predicted molar refractivity (Wildman–Crippen MR) is 173 cm³/mol. The van der Waals surface area contributed by atoms with Gasteiger partial charge in [-0.3, -0.25) is 9.59 Å². The Morgan fingerprint density at radius 1 is 1.00 bits per heavy atom. The smallest absolute Gasteiger partial charge is 0.408 e. The van der Waals surface area contributed by atoms with Crippen molar-refractivity contribution in [3.8, 4) is 5.75 Å². The number of hydrogen-bond acceptors (Lipinski definition) is 5. The van der Waals surface area contributed by atoms with Gasteiger partial charge in [0, 0.05) is 6.54 Å². The highest BCUT2D eigenvalue weighted by Crippen LogP contribution is 2.32. The number of nitrogens with zero attached hydrogens (tertiary/aromatic N) is 1. The van der Waals surface area contributed by atoms with Crippen molar-refractivity contribution in [2.45, 2.75) is 112 Å². The zero-order chi connectivity index (χ0) is 32.3. The highest BCUT2D eigenvalue weighted by Gasteiger charge is 2.37. The number of carbonyl (C=O) groups is 3. The second kappa shape index (κ2) is 16.6. The molecule has 0 spiro atoms. The highest BCUT2D eigenvalue weighted by atomic mass is 35.5. The summed E-state index contributed by atoms with van der Waals surface area (Å²) in [5.74, 6) is -0.656. The van der Waals surface area contributed by atoms with Crippen LogP contribution in [-0.2, 0) is 14.3 Å². The van der Waals surface area contributed by atoms with Crippen LogP contribution in [0.15, 0.2) is 36.4 Å². The second-order valence-electron chi connectivity index (χ2n) is 12.6. The number of rotatable bonds is 14. The molecule has 0 aliphatic heterocycles. The zero-order valence-electron chi connectivity index (χ0n) is 27.1. The van der Waals surface area contributed by atoms with Gasteiger partial charge in [-0.15, -0.1) is 0 Å². The molecule has 0 bridgehead atoms. The third-order valence-corrected chi connectivity index (χ3v) is 7.36. The molecule has 2 atom stereocenters. The van der Waals surface area contributed by atoms with Gasteiger partial charge in [-0.05, 0) is 88.3 Å². The maximum Gasteiger partial charge on any atom is 0.408 e. The van der Waals surface area contributed by atoms with Crippen LogP contribution < -0.4 is 10.6 Å². The Morgan fingerprint density at radius 3 is 2.26 bits per heavy atom. The molecule has 0 fully saturated rings. The van der Waals surface area contributed by atoms with Crippen molar-refractivity contribution >= 4 is 35.2 Å². The van der Waals surface area contributed by atoms with Gasteiger partial charge in [-0.2, -0.15) is 0 Å². The lowest BCUT2D eigenvalue weighted by Crippen LogP contribution is -2.53. The van der Waals surface area contributed by atoms with Crippen molar-refractivity contribution in [2.75, 3.05) is 11.9 Å². The van der Waals surface area contributed by atoms with Gasteiger partial charge in [0.1, 0.15) is 23.4 Å². The number of anilines is 1. The average molecular weight is 616 g/mol. The van der Waals surface area contributed by atoms with Gasteiger partial charge in [-0.1, -0.05) is 76.3 Å². The maximum absolute atomic E-state index is 14.5. The quantitative estimate of drug-likeness (QED) is 0.186. The summed E-state index contributed by atoms with van der Waals surface area (Å²) in [6.45, 7) is 15.3. The van der Waals surface area contributed by atoms with E-state index in [2.05, 4.69) is 17.6 Å². The van der Waals surface area contributed by atoms with Gasteiger partial charge >= 0.3 is 6.09 Å².